The van der Waals surface area contributed by atoms with Crippen LogP contribution in [0, 0.1) is 5.92 Å². The number of carbonyl (C=O) groups is 1. The van der Waals surface area contributed by atoms with Gasteiger partial charge in [-0.05, 0) is 36.1 Å². The Morgan fingerprint density at radius 2 is 2.26 bits per heavy atom. The second-order valence-electron chi connectivity index (χ2n) is 4.64. The standard InChI is InChI=1S/C13H16N2O3S/c1-8(7-19-2)6-15-11-5-9(12(16)17)3-4-10(11)14-13(15)18/h3-5,8H,6-7H2,1-2H3,(H,14,18)(H,16,17). The van der Waals surface area contributed by atoms with Gasteiger partial charge in [0, 0.05) is 6.54 Å². The van der Waals surface area contributed by atoms with Gasteiger partial charge in [-0.25, -0.2) is 9.59 Å². The first-order valence-electron chi connectivity index (χ1n) is 5.97. The van der Waals surface area contributed by atoms with Crippen molar-refractivity contribution in [2.24, 2.45) is 5.92 Å². The summed E-state index contributed by atoms with van der Waals surface area (Å²) in [6.07, 6.45) is 2.02. The molecular weight excluding hydrogens is 264 g/mol. The fraction of sp³-hybridized carbons (Fsp3) is 0.385. The molecule has 2 rings (SSSR count). The van der Waals surface area contributed by atoms with Crippen LogP contribution in [-0.2, 0) is 6.54 Å². The summed E-state index contributed by atoms with van der Waals surface area (Å²) in [6.45, 7) is 2.66. The van der Waals surface area contributed by atoms with Crippen molar-refractivity contribution in [3.05, 3.63) is 34.2 Å². The normalized spacial score (nSPS) is 12.7. The molecule has 0 amide bonds. The predicted molar refractivity (Wildman–Crippen MR) is 77.1 cm³/mol. The van der Waals surface area contributed by atoms with E-state index < -0.39 is 5.97 Å². The van der Waals surface area contributed by atoms with Crippen LogP contribution >= 0.6 is 11.8 Å². The molecule has 102 valence electrons. The molecule has 0 aliphatic rings. The van der Waals surface area contributed by atoms with Crippen LogP contribution < -0.4 is 5.69 Å². The van der Waals surface area contributed by atoms with Crippen LogP contribution in [0.15, 0.2) is 23.0 Å². The number of benzene rings is 1. The van der Waals surface area contributed by atoms with Crippen LogP contribution in [0.2, 0.25) is 0 Å². The molecule has 0 radical (unpaired) electrons. The van der Waals surface area contributed by atoms with Crippen molar-refractivity contribution in [1.29, 1.82) is 0 Å². The number of aromatic amines is 1. The number of rotatable bonds is 5. The van der Waals surface area contributed by atoms with Crippen LogP contribution in [0.1, 0.15) is 17.3 Å². The molecular formula is C13H16N2O3S. The Bertz CT molecular complexity index is 659. The molecule has 6 heteroatoms. The Morgan fingerprint density at radius 3 is 2.89 bits per heavy atom. The first-order chi connectivity index (χ1) is 9.02. The summed E-state index contributed by atoms with van der Waals surface area (Å²) >= 11 is 1.73. The van der Waals surface area contributed by atoms with E-state index in [1.54, 1.807) is 28.5 Å². The minimum absolute atomic E-state index is 0.189. The lowest BCUT2D eigenvalue weighted by Crippen LogP contribution is -2.21. The van der Waals surface area contributed by atoms with Gasteiger partial charge < -0.3 is 10.1 Å². The highest BCUT2D eigenvalue weighted by Gasteiger charge is 2.12. The quantitative estimate of drug-likeness (QED) is 0.878. The maximum Gasteiger partial charge on any atom is 0.335 e. The lowest BCUT2D eigenvalue weighted by atomic mass is 10.2. The Morgan fingerprint density at radius 1 is 1.53 bits per heavy atom. The topological polar surface area (TPSA) is 75.1 Å². The van der Waals surface area contributed by atoms with Crippen LogP contribution in [0.3, 0.4) is 0 Å². The largest absolute Gasteiger partial charge is 0.478 e. The zero-order valence-corrected chi connectivity index (χ0v) is 11.7. The number of aromatic carboxylic acids is 1. The summed E-state index contributed by atoms with van der Waals surface area (Å²) in [4.78, 5) is 25.6. The number of imidazole rings is 1. The van der Waals surface area contributed by atoms with E-state index in [4.69, 9.17) is 5.11 Å². The van der Waals surface area contributed by atoms with Crippen LogP contribution in [0.25, 0.3) is 11.0 Å². The van der Waals surface area contributed by atoms with E-state index >= 15 is 0 Å². The van der Waals surface area contributed by atoms with Crippen molar-refractivity contribution in [3.63, 3.8) is 0 Å². The Labute approximate surface area is 114 Å². The number of H-pyrrole nitrogens is 1. The lowest BCUT2D eigenvalue weighted by Gasteiger charge is -2.10. The highest BCUT2D eigenvalue weighted by molar-refractivity contribution is 7.98. The molecule has 0 aliphatic heterocycles. The Hall–Kier alpha value is -1.69. The number of nitrogens with one attached hydrogen (secondary N) is 1. The summed E-state index contributed by atoms with van der Waals surface area (Å²) < 4.78 is 1.61. The van der Waals surface area contributed by atoms with E-state index in [9.17, 15) is 9.59 Å². The van der Waals surface area contributed by atoms with Crippen molar-refractivity contribution >= 4 is 28.8 Å². The third-order valence-corrected chi connectivity index (χ3v) is 3.87. The smallest absolute Gasteiger partial charge is 0.335 e. The van der Waals surface area contributed by atoms with Crippen LogP contribution in [0.4, 0.5) is 0 Å². The second-order valence-corrected chi connectivity index (χ2v) is 5.55. The van der Waals surface area contributed by atoms with Crippen LogP contribution in [-0.4, -0.2) is 32.6 Å². The zero-order chi connectivity index (χ0) is 14.0. The highest BCUT2D eigenvalue weighted by atomic mass is 32.2. The molecule has 0 saturated carbocycles. The van der Waals surface area contributed by atoms with E-state index in [0.29, 0.717) is 23.5 Å². The maximum atomic E-state index is 11.9. The summed E-state index contributed by atoms with van der Waals surface area (Å²) in [5.41, 5.74) is 1.33. The Balaban J connectivity index is 2.46. The average Bonchev–Trinajstić information content (AvgIpc) is 2.65. The molecule has 0 saturated heterocycles. The number of thioether (sulfide) groups is 1. The summed E-state index contributed by atoms with van der Waals surface area (Å²) in [5.74, 6) is 0.317. The molecule has 19 heavy (non-hydrogen) atoms. The number of carboxylic acids is 1. The minimum Gasteiger partial charge on any atom is -0.478 e. The number of nitrogens with zero attached hydrogens (tertiary/aromatic N) is 1. The van der Waals surface area contributed by atoms with Gasteiger partial charge in [0.25, 0.3) is 0 Å². The molecule has 0 fully saturated rings. The predicted octanol–water partition coefficient (Wildman–Crippen LogP) is 2.03. The SMILES string of the molecule is CSCC(C)Cn1c(=O)[nH]c2ccc(C(=O)O)cc21. The monoisotopic (exact) mass is 280 g/mol. The second kappa shape index (κ2) is 5.52. The summed E-state index contributed by atoms with van der Waals surface area (Å²) in [5, 5.41) is 9.01. The van der Waals surface area contributed by atoms with Gasteiger partial charge in [-0.1, -0.05) is 6.92 Å². The summed E-state index contributed by atoms with van der Waals surface area (Å²) in [7, 11) is 0. The molecule has 5 nitrogen and oxygen atoms in total. The first kappa shape index (κ1) is 13.7. The average molecular weight is 280 g/mol. The lowest BCUT2D eigenvalue weighted by molar-refractivity contribution is 0.0697. The van der Waals surface area contributed by atoms with Gasteiger partial charge in [0.15, 0.2) is 0 Å². The zero-order valence-electron chi connectivity index (χ0n) is 10.8. The van der Waals surface area contributed by atoms with Gasteiger partial charge >= 0.3 is 11.7 Å². The molecule has 1 heterocycles. The van der Waals surface area contributed by atoms with Crippen LogP contribution in [0.5, 0.6) is 0 Å². The van der Waals surface area contributed by atoms with Gasteiger partial charge in [-0.15, -0.1) is 0 Å². The molecule has 1 aromatic heterocycles. The molecule has 1 aromatic carbocycles. The number of fused-ring (bicyclic) bond motifs is 1. The number of hydrogen-bond acceptors (Lipinski definition) is 3. The van der Waals surface area contributed by atoms with Crippen molar-refractivity contribution < 1.29 is 9.90 Å². The number of carboxylic acid groups (broad SMARTS) is 1. The first-order valence-corrected chi connectivity index (χ1v) is 7.37. The fourth-order valence-corrected chi connectivity index (χ4v) is 2.79. The molecule has 0 bridgehead atoms. The molecule has 2 aromatic rings. The van der Waals surface area contributed by atoms with E-state index in [-0.39, 0.29) is 11.3 Å². The third kappa shape index (κ3) is 2.84. The van der Waals surface area contributed by atoms with E-state index in [1.165, 1.54) is 6.07 Å². The van der Waals surface area contributed by atoms with E-state index in [0.717, 1.165) is 5.75 Å². The minimum atomic E-state index is -0.987. The van der Waals surface area contributed by atoms with Gasteiger partial charge in [-0.2, -0.15) is 11.8 Å². The highest BCUT2D eigenvalue weighted by Crippen LogP contribution is 2.15. The van der Waals surface area contributed by atoms with Gasteiger partial charge in [0.2, 0.25) is 0 Å². The van der Waals surface area contributed by atoms with Crippen molar-refractivity contribution in [1.82, 2.24) is 9.55 Å². The van der Waals surface area contributed by atoms with Crippen molar-refractivity contribution in [3.8, 4) is 0 Å². The molecule has 0 aliphatic carbocycles. The molecule has 2 N–H and O–H groups in total. The van der Waals surface area contributed by atoms with Gasteiger partial charge in [-0.3, -0.25) is 4.57 Å². The molecule has 1 atom stereocenters. The van der Waals surface area contributed by atoms with Crippen molar-refractivity contribution in [2.45, 2.75) is 13.5 Å². The molecule has 0 spiro atoms. The molecule has 1 unspecified atom stereocenters. The Kier molecular flexibility index (Phi) is 3.99. The fourth-order valence-electron chi connectivity index (χ4n) is 2.12. The van der Waals surface area contributed by atoms with Gasteiger partial charge in [0.1, 0.15) is 0 Å². The van der Waals surface area contributed by atoms with E-state index in [2.05, 4.69) is 11.9 Å². The van der Waals surface area contributed by atoms with Gasteiger partial charge in [0.05, 0.1) is 16.6 Å². The summed E-state index contributed by atoms with van der Waals surface area (Å²) in [6, 6.07) is 4.67. The maximum absolute atomic E-state index is 11.9. The number of hydrogen-bond donors (Lipinski definition) is 2. The number of aromatic nitrogens is 2. The van der Waals surface area contributed by atoms with E-state index in [1.807, 2.05) is 6.26 Å². The third-order valence-electron chi connectivity index (χ3n) is 2.97. The van der Waals surface area contributed by atoms with Crippen molar-refractivity contribution in [2.75, 3.05) is 12.0 Å².